The lowest BCUT2D eigenvalue weighted by Gasteiger charge is -2.29. The van der Waals surface area contributed by atoms with Gasteiger partial charge in [0.05, 0.1) is 4.92 Å². The summed E-state index contributed by atoms with van der Waals surface area (Å²) in [6, 6.07) is 5.38. The van der Waals surface area contributed by atoms with Crippen molar-refractivity contribution >= 4 is 11.4 Å². The van der Waals surface area contributed by atoms with Crippen LogP contribution in [0.15, 0.2) is 18.2 Å². The van der Waals surface area contributed by atoms with Crippen molar-refractivity contribution in [2.75, 3.05) is 11.9 Å². The summed E-state index contributed by atoms with van der Waals surface area (Å²) in [6.07, 6.45) is 5.22. The number of nitro benzene ring substituents is 1. The predicted molar refractivity (Wildman–Crippen MR) is 77.4 cm³/mol. The molecule has 19 heavy (non-hydrogen) atoms. The zero-order chi connectivity index (χ0) is 13.8. The molecule has 4 nitrogen and oxygen atoms in total. The van der Waals surface area contributed by atoms with Crippen molar-refractivity contribution in [3.8, 4) is 0 Å². The number of nitrogens with zero attached hydrogens (tertiary/aromatic N) is 1. The monoisotopic (exact) mass is 262 g/mol. The highest BCUT2D eigenvalue weighted by atomic mass is 16.6. The Morgan fingerprint density at radius 1 is 1.37 bits per heavy atom. The summed E-state index contributed by atoms with van der Waals surface area (Å²) in [7, 11) is 0. The summed E-state index contributed by atoms with van der Waals surface area (Å²) >= 11 is 0. The standard InChI is InChI=1S/C15H22N2O2/c1-11-5-3-4-6-13(11)10-16-14-8-7-12(2)15(9-14)17(18)19/h7-9,11,13,16H,3-6,10H2,1-2H3. The zero-order valence-electron chi connectivity index (χ0n) is 11.7. The Morgan fingerprint density at radius 2 is 2.11 bits per heavy atom. The van der Waals surface area contributed by atoms with Gasteiger partial charge in [0, 0.05) is 23.9 Å². The minimum Gasteiger partial charge on any atom is -0.385 e. The first-order valence-electron chi connectivity index (χ1n) is 7.07. The molecule has 0 spiro atoms. The molecule has 0 bridgehead atoms. The molecule has 0 saturated heterocycles. The summed E-state index contributed by atoms with van der Waals surface area (Å²) in [5, 5.41) is 14.3. The fourth-order valence-corrected chi connectivity index (χ4v) is 2.86. The quantitative estimate of drug-likeness (QED) is 0.655. The largest absolute Gasteiger partial charge is 0.385 e. The number of anilines is 1. The van der Waals surface area contributed by atoms with E-state index in [9.17, 15) is 10.1 Å². The molecular weight excluding hydrogens is 240 g/mol. The van der Waals surface area contributed by atoms with Gasteiger partial charge in [-0.15, -0.1) is 0 Å². The van der Waals surface area contributed by atoms with Gasteiger partial charge >= 0.3 is 0 Å². The maximum absolute atomic E-state index is 10.9. The summed E-state index contributed by atoms with van der Waals surface area (Å²) in [5.41, 5.74) is 1.76. The molecule has 1 aromatic carbocycles. The van der Waals surface area contributed by atoms with E-state index in [1.165, 1.54) is 25.7 Å². The van der Waals surface area contributed by atoms with Crippen LogP contribution in [0.1, 0.15) is 38.2 Å². The van der Waals surface area contributed by atoms with Gasteiger partial charge < -0.3 is 5.32 Å². The van der Waals surface area contributed by atoms with E-state index in [1.54, 1.807) is 13.0 Å². The van der Waals surface area contributed by atoms with Gasteiger partial charge in [-0.25, -0.2) is 0 Å². The maximum Gasteiger partial charge on any atom is 0.274 e. The molecule has 1 N–H and O–H groups in total. The second kappa shape index (κ2) is 6.04. The molecule has 0 heterocycles. The summed E-state index contributed by atoms with van der Waals surface area (Å²) in [5.74, 6) is 1.44. The van der Waals surface area contributed by atoms with Crippen molar-refractivity contribution in [2.45, 2.75) is 39.5 Å². The number of hydrogen-bond acceptors (Lipinski definition) is 3. The van der Waals surface area contributed by atoms with Gasteiger partial charge in [0.25, 0.3) is 5.69 Å². The summed E-state index contributed by atoms with van der Waals surface area (Å²) < 4.78 is 0. The molecule has 1 fully saturated rings. The van der Waals surface area contributed by atoms with Crippen LogP contribution in [0.5, 0.6) is 0 Å². The molecule has 1 aromatic rings. The van der Waals surface area contributed by atoms with Gasteiger partial charge in [-0.3, -0.25) is 10.1 Å². The molecule has 104 valence electrons. The number of nitrogens with one attached hydrogen (secondary N) is 1. The number of nitro groups is 1. The first-order valence-corrected chi connectivity index (χ1v) is 7.07. The molecule has 1 saturated carbocycles. The van der Waals surface area contributed by atoms with Gasteiger partial charge in [0.15, 0.2) is 0 Å². The molecule has 4 heteroatoms. The van der Waals surface area contributed by atoms with Crippen LogP contribution in [-0.4, -0.2) is 11.5 Å². The van der Waals surface area contributed by atoms with E-state index in [0.29, 0.717) is 11.5 Å². The third-order valence-electron chi connectivity index (χ3n) is 4.26. The van der Waals surface area contributed by atoms with Crippen LogP contribution < -0.4 is 5.32 Å². The first kappa shape index (κ1) is 13.8. The lowest BCUT2D eigenvalue weighted by atomic mass is 9.80. The van der Waals surface area contributed by atoms with Gasteiger partial charge in [0.1, 0.15) is 0 Å². The first-order chi connectivity index (χ1) is 9.08. The van der Waals surface area contributed by atoms with E-state index in [2.05, 4.69) is 12.2 Å². The zero-order valence-corrected chi connectivity index (χ0v) is 11.7. The van der Waals surface area contributed by atoms with Crippen LogP contribution in [0.2, 0.25) is 0 Å². The van der Waals surface area contributed by atoms with Crippen LogP contribution in [0.25, 0.3) is 0 Å². The number of benzene rings is 1. The Labute approximate surface area is 114 Å². The highest BCUT2D eigenvalue weighted by molar-refractivity contribution is 5.54. The Kier molecular flexibility index (Phi) is 4.40. The molecule has 0 radical (unpaired) electrons. The van der Waals surface area contributed by atoms with Crippen LogP contribution >= 0.6 is 0 Å². The molecule has 2 unspecified atom stereocenters. The van der Waals surface area contributed by atoms with E-state index < -0.39 is 0 Å². The van der Waals surface area contributed by atoms with Crippen molar-refractivity contribution in [1.82, 2.24) is 0 Å². The molecule has 1 aliphatic carbocycles. The smallest absolute Gasteiger partial charge is 0.274 e. The van der Waals surface area contributed by atoms with Gasteiger partial charge in [-0.2, -0.15) is 0 Å². The van der Waals surface area contributed by atoms with Gasteiger partial charge in [0.2, 0.25) is 0 Å². The van der Waals surface area contributed by atoms with E-state index in [1.807, 2.05) is 12.1 Å². The number of aryl methyl sites for hydroxylation is 1. The fourth-order valence-electron chi connectivity index (χ4n) is 2.86. The molecule has 0 amide bonds. The van der Waals surface area contributed by atoms with Gasteiger partial charge in [-0.05, 0) is 31.2 Å². The van der Waals surface area contributed by atoms with Crippen molar-refractivity contribution in [2.24, 2.45) is 11.8 Å². The minimum atomic E-state index is -0.316. The van der Waals surface area contributed by atoms with E-state index in [0.717, 1.165) is 18.2 Å². The van der Waals surface area contributed by atoms with E-state index in [4.69, 9.17) is 0 Å². The number of rotatable bonds is 4. The molecule has 2 rings (SSSR count). The Hall–Kier alpha value is -1.58. The average molecular weight is 262 g/mol. The molecule has 1 aliphatic rings. The molecular formula is C15H22N2O2. The number of hydrogen-bond donors (Lipinski definition) is 1. The topological polar surface area (TPSA) is 55.2 Å². The fraction of sp³-hybridized carbons (Fsp3) is 0.600. The van der Waals surface area contributed by atoms with Crippen molar-refractivity contribution < 1.29 is 4.92 Å². The summed E-state index contributed by atoms with van der Waals surface area (Å²) in [6.45, 7) is 5.00. The highest BCUT2D eigenvalue weighted by Crippen LogP contribution is 2.30. The van der Waals surface area contributed by atoms with Gasteiger partial charge in [-0.1, -0.05) is 32.3 Å². The average Bonchev–Trinajstić information content (AvgIpc) is 2.39. The second-order valence-corrected chi connectivity index (χ2v) is 5.66. The van der Waals surface area contributed by atoms with E-state index in [-0.39, 0.29) is 10.6 Å². The Balaban J connectivity index is 1.99. The third-order valence-corrected chi connectivity index (χ3v) is 4.26. The maximum atomic E-state index is 10.9. The SMILES string of the molecule is Cc1ccc(NCC2CCCCC2C)cc1[N+](=O)[O-]. The second-order valence-electron chi connectivity index (χ2n) is 5.66. The minimum absolute atomic E-state index is 0.196. The predicted octanol–water partition coefficient (Wildman–Crippen LogP) is 4.14. The van der Waals surface area contributed by atoms with Crippen molar-refractivity contribution in [1.29, 1.82) is 0 Å². The van der Waals surface area contributed by atoms with Crippen LogP contribution in [-0.2, 0) is 0 Å². The highest BCUT2D eigenvalue weighted by Gasteiger charge is 2.21. The lowest BCUT2D eigenvalue weighted by Crippen LogP contribution is -2.24. The van der Waals surface area contributed by atoms with Crippen molar-refractivity contribution in [3.63, 3.8) is 0 Å². The third kappa shape index (κ3) is 3.46. The Morgan fingerprint density at radius 3 is 2.79 bits per heavy atom. The molecule has 0 aliphatic heterocycles. The molecule has 0 aromatic heterocycles. The van der Waals surface area contributed by atoms with Crippen LogP contribution in [0, 0.1) is 28.9 Å². The van der Waals surface area contributed by atoms with E-state index >= 15 is 0 Å². The Bertz CT molecular complexity index is 459. The van der Waals surface area contributed by atoms with Crippen LogP contribution in [0.4, 0.5) is 11.4 Å². The lowest BCUT2D eigenvalue weighted by molar-refractivity contribution is -0.385. The molecule has 2 atom stereocenters. The summed E-state index contributed by atoms with van der Waals surface area (Å²) in [4.78, 5) is 10.6. The van der Waals surface area contributed by atoms with Crippen molar-refractivity contribution in [3.05, 3.63) is 33.9 Å². The van der Waals surface area contributed by atoms with Crippen LogP contribution in [0.3, 0.4) is 0 Å². The normalized spacial score (nSPS) is 23.1.